The largest absolute Gasteiger partial charge is 0.490 e. The molecule has 0 aromatic heterocycles. The van der Waals surface area contributed by atoms with E-state index in [-0.39, 0.29) is 12.4 Å². The maximum Gasteiger partial charge on any atom is 0.161 e. The fourth-order valence-electron chi connectivity index (χ4n) is 3.27. The van der Waals surface area contributed by atoms with Crippen LogP contribution in [0.3, 0.4) is 0 Å². The van der Waals surface area contributed by atoms with Crippen molar-refractivity contribution in [3.63, 3.8) is 0 Å². The molecule has 0 aliphatic carbocycles. The molecule has 3 aromatic carbocycles. The van der Waals surface area contributed by atoms with Gasteiger partial charge in [-0.05, 0) is 62.1 Å². The highest BCUT2D eigenvalue weighted by Crippen LogP contribution is 2.30. The predicted molar refractivity (Wildman–Crippen MR) is 124 cm³/mol. The summed E-state index contributed by atoms with van der Waals surface area (Å²) in [4.78, 5) is 0. The Labute approximate surface area is 189 Å². The molecule has 0 radical (unpaired) electrons. The Balaban J connectivity index is 1.56. The van der Waals surface area contributed by atoms with Crippen molar-refractivity contribution < 1.29 is 13.9 Å². The molecular formula is C26H29ClFNO2. The lowest BCUT2D eigenvalue weighted by Gasteiger charge is -2.16. The number of hydrogen-bond acceptors (Lipinski definition) is 3. The van der Waals surface area contributed by atoms with E-state index >= 15 is 0 Å². The molecule has 0 fully saturated rings. The quantitative estimate of drug-likeness (QED) is 0.365. The number of halogens is 2. The highest BCUT2D eigenvalue weighted by Gasteiger charge is 2.10. The maximum atomic E-state index is 13.2. The zero-order valence-electron chi connectivity index (χ0n) is 18.0. The van der Waals surface area contributed by atoms with E-state index in [1.54, 1.807) is 6.07 Å². The average molecular weight is 442 g/mol. The fourth-order valence-corrected chi connectivity index (χ4v) is 3.49. The maximum absolute atomic E-state index is 13.2. The molecule has 0 saturated carbocycles. The summed E-state index contributed by atoms with van der Waals surface area (Å²) >= 11 is 6.10. The first-order valence-corrected chi connectivity index (χ1v) is 11.0. The number of nitrogens with one attached hydrogen (secondary N) is 1. The van der Waals surface area contributed by atoms with Crippen LogP contribution < -0.4 is 14.8 Å². The molecule has 0 unspecified atom stereocenters. The minimum Gasteiger partial charge on any atom is -0.490 e. The highest BCUT2D eigenvalue weighted by molar-refractivity contribution is 6.31. The van der Waals surface area contributed by atoms with E-state index in [2.05, 4.69) is 36.5 Å². The van der Waals surface area contributed by atoms with Crippen LogP contribution in [0, 0.1) is 5.82 Å². The second-order valence-corrected chi connectivity index (χ2v) is 7.95. The van der Waals surface area contributed by atoms with Crippen LogP contribution in [0.5, 0.6) is 11.5 Å². The molecule has 31 heavy (non-hydrogen) atoms. The van der Waals surface area contributed by atoms with E-state index in [4.69, 9.17) is 21.1 Å². The number of benzene rings is 3. The third-order valence-electron chi connectivity index (χ3n) is 5.07. The van der Waals surface area contributed by atoms with E-state index in [1.807, 2.05) is 31.2 Å². The molecule has 0 aliphatic rings. The molecular weight excluding hydrogens is 413 g/mol. The van der Waals surface area contributed by atoms with Crippen molar-refractivity contribution in [2.24, 2.45) is 0 Å². The second kappa shape index (κ2) is 11.7. The standard InChI is InChI=1S/C26H29ClFNO2/c1-3-30-26-15-21(17-29-19(2)9-10-20-7-5-4-6-8-20)11-14-25(26)31-18-22-12-13-23(28)16-24(22)27/h4-8,11-16,19,29H,3,9-10,17-18H2,1-2H3/t19-/m1/s1. The Kier molecular flexibility index (Phi) is 8.74. The van der Waals surface area contributed by atoms with Crippen LogP contribution in [0.4, 0.5) is 4.39 Å². The molecule has 3 aromatic rings. The van der Waals surface area contributed by atoms with Gasteiger partial charge >= 0.3 is 0 Å². The summed E-state index contributed by atoms with van der Waals surface area (Å²) in [7, 11) is 0. The Hall–Kier alpha value is -2.56. The van der Waals surface area contributed by atoms with Crippen molar-refractivity contribution in [3.05, 3.63) is 94.3 Å². The van der Waals surface area contributed by atoms with Crippen molar-refractivity contribution in [2.75, 3.05) is 6.61 Å². The van der Waals surface area contributed by atoms with Crippen molar-refractivity contribution in [1.82, 2.24) is 5.32 Å². The molecule has 164 valence electrons. The summed E-state index contributed by atoms with van der Waals surface area (Å²) < 4.78 is 24.9. The summed E-state index contributed by atoms with van der Waals surface area (Å²) in [6.45, 7) is 5.68. The van der Waals surface area contributed by atoms with Crippen LogP contribution in [0.2, 0.25) is 5.02 Å². The number of ether oxygens (including phenoxy) is 2. The molecule has 0 heterocycles. The first-order valence-electron chi connectivity index (χ1n) is 10.6. The molecule has 3 rings (SSSR count). The van der Waals surface area contributed by atoms with Crippen LogP contribution >= 0.6 is 11.6 Å². The van der Waals surface area contributed by atoms with Gasteiger partial charge in [0.2, 0.25) is 0 Å². The third kappa shape index (κ3) is 7.27. The van der Waals surface area contributed by atoms with Crippen LogP contribution in [0.25, 0.3) is 0 Å². The van der Waals surface area contributed by atoms with Gasteiger partial charge in [0.15, 0.2) is 11.5 Å². The summed E-state index contributed by atoms with van der Waals surface area (Å²) in [5.41, 5.74) is 3.21. The second-order valence-electron chi connectivity index (χ2n) is 7.54. The van der Waals surface area contributed by atoms with Crippen molar-refractivity contribution in [3.8, 4) is 11.5 Å². The van der Waals surface area contributed by atoms with Gasteiger partial charge in [0.1, 0.15) is 12.4 Å². The monoisotopic (exact) mass is 441 g/mol. The molecule has 5 heteroatoms. The Morgan fingerprint density at radius 3 is 2.48 bits per heavy atom. The van der Waals surface area contributed by atoms with Crippen LogP contribution in [0.1, 0.15) is 37.0 Å². The molecule has 3 nitrogen and oxygen atoms in total. The van der Waals surface area contributed by atoms with E-state index in [1.165, 1.54) is 17.7 Å². The molecule has 0 bridgehead atoms. The number of hydrogen-bond donors (Lipinski definition) is 1. The third-order valence-corrected chi connectivity index (χ3v) is 5.42. The summed E-state index contributed by atoms with van der Waals surface area (Å²) in [6, 6.07) is 21.2. The SMILES string of the molecule is CCOc1cc(CN[C@H](C)CCc2ccccc2)ccc1OCc1ccc(F)cc1Cl. The van der Waals surface area contributed by atoms with E-state index < -0.39 is 0 Å². The topological polar surface area (TPSA) is 30.5 Å². The Bertz CT molecular complexity index is 965. The number of rotatable bonds is 11. The molecule has 1 atom stereocenters. The average Bonchev–Trinajstić information content (AvgIpc) is 2.77. The van der Waals surface area contributed by atoms with Crippen molar-refractivity contribution in [1.29, 1.82) is 0 Å². The molecule has 0 spiro atoms. The fraction of sp³-hybridized carbons (Fsp3) is 0.308. The molecule has 0 aliphatic heterocycles. The van der Waals surface area contributed by atoms with Gasteiger partial charge in [-0.3, -0.25) is 0 Å². The van der Waals surface area contributed by atoms with Gasteiger partial charge < -0.3 is 14.8 Å². The van der Waals surface area contributed by atoms with E-state index in [9.17, 15) is 4.39 Å². The van der Waals surface area contributed by atoms with Gasteiger partial charge in [0.05, 0.1) is 11.6 Å². The Morgan fingerprint density at radius 1 is 0.935 bits per heavy atom. The van der Waals surface area contributed by atoms with Crippen molar-refractivity contribution in [2.45, 2.75) is 45.9 Å². The zero-order valence-corrected chi connectivity index (χ0v) is 18.8. The predicted octanol–water partition coefficient (Wildman–Crippen LogP) is 6.57. The summed E-state index contributed by atoms with van der Waals surface area (Å²) in [5, 5.41) is 3.93. The van der Waals surface area contributed by atoms with Gasteiger partial charge in [-0.1, -0.05) is 54.1 Å². The minimum absolute atomic E-state index is 0.243. The normalized spacial score (nSPS) is 11.9. The molecule has 0 saturated heterocycles. The zero-order chi connectivity index (χ0) is 22.1. The summed E-state index contributed by atoms with van der Waals surface area (Å²) in [5.74, 6) is 0.971. The van der Waals surface area contributed by atoms with Crippen LogP contribution in [-0.2, 0) is 19.6 Å². The summed E-state index contributed by atoms with van der Waals surface area (Å²) in [6.07, 6.45) is 2.12. The lowest BCUT2D eigenvalue weighted by atomic mass is 10.1. The van der Waals surface area contributed by atoms with Gasteiger partial charge in [-0.15, -0.1) is 0 Å². The van der Waals surface area contributed by atoms with Crippen LogP contribution in [-0.4, -0.2) is 12.6 Å². The van der Waals surface area contributed by atoms with Crippen molar-refractivity contribution >= 4 is 11.6 Å². The lowest BCUT2D eigenvalue weighted by Crippen LogP contribution is -2.26. The lowest BCUT2D eigenvalue weighted by molar-refractivity contribution is 0.269. The van der Waals surface area contributed by atoms with Crippen LogP contribution in [0.15, 0.2) is 66.7 Å². The molecule has 0 amide bonds. The van der Waals surface area contributed by atoms with Gasteiger partial charge in [0, 0.05) is 18.2 Å². The van der Waals surface area contributed by atoms with E-state index in [0.29, 0.717) is 29.2 Å². The molecule has 1 N–H and O–H groups in total. The Morgan fingerprint density at radius 2 is 1.74 bits per heavy atom. The van der Waals surface area contributed by atoms with E-state index in [0.717, 1.165) is 30.5 Å². The van der Waals surface area contributed by atoms with Gasteiger partial charge in [0.25, 0.3) is 0 Å². The minimum atomic E-state index is -0.362. The smallest absolute Gasteiger partial charge is 0.161 e. The first-order chi connectivity index (χ1) is 15.0. The highest BCUT2D eigenvalue weighted by atomic mass is 35.5. The van der Waals surface area contributed by atoms with Gasteiger partial charge in [-0.2, -0.15) is 0 Å². The number of aryl methyl sites for hydroxylation is 1. The first kappa shape index (κ1) is 23.1. The van der Waals surface area contributed by atoms with Gasteiger partial charge in [-0.25, -0.2) is 4.39 Å².